The van der Waals surface area contributed by atoms with Gasteiger partial charge in [-0.15, -0.1) is 0 Å². The highest BCUT2D eigenvalue weighted by Gasteiger charge is 2.18. The molecular weight excluding hydrogens is 863 g/mol. The molecule has 0 heterocycles. The lowest BCUT2D eigenvalue weighted by Crippen LogP contribution is -2.45. The number of hydrogen-bond donors (Lipinski definition) is 3. The number of unbranched alkanes of at least 4 members (excludes halogenated alkanes) is 49. The standard InChI is InChI=1S/C64H125NO5/c1-3-5-7-9-11-13-15-38-42-46-50-54-58-64(69)70-59-55-51-47-43-39-35-33-31-29-27-25-23-21-19-17-16-18-20-22-24-26-28-30-32-34-37-41-45-49-53-57-63(68)65-61(60-66)62(67)56-52-48-44-40-36-14-12-10-8-6-4-2/h52,56,61-62,66-67H,3-51,53-55,57-60H2,1-2H3,(H,65,68)/b56-52+. The van der Waals surface area contributed by atoms with Crippen molar-refractivity contribution in [3.63, 3.8) is 0 Å². The maximum atomic E-state index is 12.4. The van der Waals surface area contributed by atoms with Crippen molar-refractivity contribution in [2.24, 2.45) is 0 Å². The van der Waals surface area contributed by atoms with Crippen LogP contribution in [-0.4, -0.2) is 47.4 Å². The first-order chi connectivity index (χ1) is 34.5. The second-order valence-electron chi connectivity index (χ2n) is 22.1. The van der Waals surface area contributed by atoms with Crippen LogP contribution in [0.1, 0.15) is 361 Å². The van der Waals surface area contributed by atoms with Gasteiger partial charge in [-0.3, -0.25) is 9.59 Å². The van der Waals surface area contributed by atoms with Crippen molar-refractivity contribution in [1.29, 1.82) is 0 Å². The van der Waals surface area contributed by atoms with Crippen LogP contribution in [0.4, 0.5) is 0 Å². The van der Waals surface area contributed by atoms with Crippen LogP contribution in [0.25, 0.3) is 0 Å². The summed E-state index contributed by atoms with van der Waals surface area (Å²) in [5, 5.41) is 23.0. The van der Waals surface area contributed by atoms with E-state index in [-0.39, 0.29) is 18.5 Å². The zero-order valence-electron chi connectivity index (χ0n) is 47.5. The molecule has 3 N–H and O–H groups in total. The quantitative estimate of drug-likeness (QED) is 0.0321. The first-order valence-corrected chi connectivity index (χ1v) is 32.0. The molecule has 2 atom stereocenters. The Morgan fingerprint density at radius 3 is 0.971 bits per heavy atom. The molecule has 0 radical (unpaired) electrons. The molecule has 416 valence electrons. The second kappa shape index (κ2) is 60.2. The van der Waals surface area contributed by atoms with Crippen LogP contribution in [0.2, 0.25) is 0 Å². The van der Waals surface area contributed by atoms with Crippen LogP contribution in [-0.2, 0) is 14.3 Å². The number of ether oxygens (including phenoxy) is 1. The molecule has 1 amide bonds. The Kier molecular flexibility index (Phi) is 59.0. The molecule has 0 saturated heterocycles. The van der Waals surface area contributed by atoms with E-state index in [0.717, 1.165) is 38.5 Å². The van der Waals surface area contributed by atoms with Crippen LogP contribution in [0.15, 0.2) is 12.2 Å². The molecule has 0 aromatic rings. The van der Waals surface area contributed by atoms with Crippen LogP contribution in [0.5, 0.6) is 0 Å². The highest BCUT2D eigenvalue weighted by molar-refractivity contribution is 5.76. The third-order valence-electron chi connectivity index (χ3n) is 15.1. The summed E-state index contributed by atoms with van der Waals surface area (Å²) in [5.41, 5.74) is 0. The molecule has 0 aromatic heterocycles. The van der Waals surface area contributed by atoms with Gasteiger partial charge in [0, 0.05) is 12.8 Å². The Balaban J connectivity index is 3.31. The van der Waals surface area contributed by atoms with E-state index in [1.54, 1.807) is 6.08 Å². The summed E-state index contributed by atoms with van der Waals surface area (Å²) in [5.74, 6) is -0.0428. The third-order valence-corrected chi connectivity index (χ3v) is 15.1. The summed E-state index contributed by atoms with van der Waals surface area (Å²) in [6.45, 7) is 4.92. The zero-order chi connectivity index (χ0) is 50.7. The van der Waals surface area contributed by atoms with Gasteiger partial charge in [0.25, 0.3) is 0 Å². The van der Waals surface area contributed by atoms with Crippen molar-refractivity contribution in [3.8, 4) is 0 Å². The highest BCUT2D eigenvalue weighted by Crippen LogP contribution is 2.18. The number of allylic oxidation sites excluding steroid dienone is 1. The van der Waals surface area contributed by atoms with E-state index < -0.39 is 12.1 Å². The summed E-state index contributed by atoms with van der Waals surface area (Å²) >= 11 is 0. The van der Waals surface area contributed by atoms with Gasteiger partial charge >= 0.3 is 5.97 Å². The number of amides is 1. The first-order valence-electron chi connectivity index (χ1n) is 32.0. The van der Waals surface area contributed by atoms with Gasteiger partial charge in [-0.25, -0.2) is 0 Å². The van der Waals surface area contributed by atoms with Gasteiger partial charge in [0.15, 0.2) is 0 Å². The number of hydrogen-bond acceptors (Lipinski definition) is 5. The lowest BCUT2D eigenvalue weighted by atomic mass is 10.0. The van der Waals surface area contributed by atoms with E-state index in [9.17, 15) is 19.8 Å². The fourth-order valence-electron chi connectivity index (χ4n) is 10.2. The van der Waals surface area contributed by atoms with E-state index in [1.165, 1.54) is 295 Å². The molecule has 6 nitrogen and oxygen atoms in total. The fraction of sp³-hybridized carbons (Fsp3) is 0.938. The fourth-order valence-corrected chi connectivity index (χ4v) is 10.2. The average Bonchev–Trinajstić information content (AvgIpc) is 3.36. The van der Waals surface area contributed by atoms with Crippen molar-refractivity contribution in [2.45, 2.75) is 373 Å². The summed E-state index contributed by atoms with van der Waals surface area (Å²) in [4.78, 5) is 24.4. The number of carbonyl (C=O) groups excluding carboxylic acids is 2. The predicted molar refractivity (Wildman–Crippen MR) is 306 cm³/mol. The van der Waals surface area contributed by atoms with Crippen LogP contribution in [0, 0.1) is 0 Å². The van der Waals surface area contributed by atoms with Gasteiger partial charge in [-0.2, -0.15) is 0 Å². The molecule has 0 aliphatic rings. The minimum atomic E-state index is -0.839. The van der Waals surface area contributed by atoms with E-state index in [0.29, 0.717) is 19.4 Å². The third kappa shape index (κ3) is 55.9. The molecule has 2 unspecified atom stereocenters. The van der Waals surface area contributed by atoms with E-state index in [4.69, 9.17) is 4.74 Å². The van der Waals surface area contributed by atoms with Crippen molar-refractivity contribution < 1.29 is 24.5 Å². The lowest BCUT2D eigenvalue weighted by Gasteiger charge is -2.20. The zero-order valence-corrected chi connectivity index (χ0v) is 47.5. The topological polar surface area (TPSA) is 95.9 Å². The Morgan fingerprint density at radius 1 is 0.386 bits per heavy atom. The average molecular weight is 989 g/mol. The normalized spacial score (nSPS) is 12.6. The molecule has 70 heavy (non-hydrogen) atoms. The molecule has 0 fully saturated rings. The molecule has 0 rings (SSSR count). The van der Waals surface area contributed by atoms with Crippen LogP contribution in [0.3, 0.4) is 0 Å². The monoisotopic (exact) mass is 988 g/mol. The molecule has 6 heteroatoms. The summed E-state index contributed by atoms with van der Waals surface area (Å²) in [6, 6.07) is -0.622. The highest BCUT2D eigenvalue weighted by atomic mass is 16.5. The largest absolute Gasteiger partial charge is 0.466 e. The van der Waals surface area contributed by atoms with Crippen LogP contribution >= 0.6 is 0 Å². The minimum absolute atomic E-state index is 0.0209. The van der Waals surface area contributed by atoms with Gasteiger partial charge in [0.05, 0.1) is 25.4 Å². The van der Waals surface area contributed by atoms with Crippen molar-refractivity contribution in [1.82, 2.24) is 5.32 Å². The van der Waals surface area contributed by atoms with Crippen molar-refractivity contribution >= 4 is 11.9 Å². The van der Waals surface area contributed by atoms with Crippen LogP contribution < -0.4 is 5.32 Å². The Morgan fingerprint density at radius 2 is 0.657 bits per heavy atom. The number of nitrogens with one attached hydrogen (secondary N) is 1. The molecule has 0 saturated carbocycles. The number of aliphatic hydroxyl groups is 2. The number of carbonyl (C=O) groups is 2. The molecule has 0 aliphatic carbocycles. The molecule has 0 aliphatic heterocycles. The molecule has 0 spiro atoms. The van der Waals surface area contributed by atoms with E-state index in [2.05, 4.69) is 19.2 Å². The Labute approximate surface area is 438 Å². The van der Waals surface area contributed by atoms with E-state index >= 15 is 0 Å². The number of esters is 1. The SMILES string of the molecule is CCCCCCCCCCC/C=C/C(O)C(CO)NC(=O)CCCCCCCCCCCCCCCCCCCCCCCCCCCCCCCCOC(=O)CCCCCCCCCCCCCC. The summed E-state index contributed by atoms with van der Waals surface area (Å²) in [7, 11) is 0. The lowest BCUT2D eigenvalue weighted by molar-refractivity contribution is -0.143. The Bertz CT molecular complexity index is 1050. The van der Waals surface area contributed by atoms with Gasteiger partial charge in [-0.05, 0) is 32.1 Å². The molecule has 0 bridgehead atoms. The predicted octanol–water partition coefficient (Wildman–Crippen LogP) is 20.0. The second-order valence-corrected chi connectivity index (χ2v) is 22.1. The smallest absolute Gasteiger partial charge is 0.305 e. The maximum absolute atomic E-state index is 12.4. The summed E-state index contributed by atoms with van der Waals surface area (Å²) < 4.78 is 5.48. The molecule has 0 aromatic carbocycles. The maximum Gasteiger partial charge on any atom is 0.305 e. The van der Waals surface area contributed by atoms with Gasteiger partial charge in [-0.1, -0.05) is 328 Å². The number of rotatable bonds is 60. The minimum Gasteiger partial charge on any atom is -0.466 e. The van der Waals surface area contributed by atoms with Gasteiger partial charge in [0.1, 0.15) is 0 Å². The Hall–Kier alpha value is -1.40. The van der Waals surface area contributed by atoms with E-state index in [1.807, 2.05) is 6.08 Å². The number of aliphatic hydroxyl groups excluding tert-OH is 2. The van der Waals surface area contributed by atoms with Crippen molar-refractivity contribution in [2.75, 3.05) is 13.2 Å². The molecular formula is C64H125NO5. The van der Waals surface area contributed by atoms with Crippen molar-refractivity contribution in [3.05, 3.63) is 12.2 Å². The van der Waals surface area contributed by atoms with Gasteiger partial charge < -0.3 is 20.3 Å². The first kappa shape index (κ1) is 68.6. The summed E-state index contributed by atoms with van der Waals surface area (Å²) in [6.07, 6.45) is 72.8. The van der Waals surface area contributed by atoms with Gasteiger partial charge in [0.2, 0.25) is 5.91 Å².